The number of benzene rings is 3. The van der Waals surface area contributed by atoms with Crippen LogP contribution in [0.25, 0.3) is 11.1 Å². The second kappa shape index (κ2) is 12.9. The molecule has 0 aromatic heterocycles. The number of rotatable bonds is 11. The van der Waals surface area contributed by atoms with Crippen LogP contribution in [-0.2, 0) is 22.6 Å². The molecule has 3 aromatic carbocycles. The van der Waals surface area contributed by atoms with Gasteiger partial charge in [0.1, 0.15) is 11.7 Å². The van der Waals surface area contributed by atoms with Crippen LogP contribution in [0.1, 0.15) is 25.0 Å². The number of nitrogens with one attached hydrogen (secondary N) is 2. The van der Waals surface area contributed by atoms with Gasteiger partial charge in [-0.15, -0.1) is 0 Å². The molecule has 2 atom stereocenters. The quantitative estimate of drug-likeness (QED) is 0.245. The van der Waals surface area contributed by atoms with Crippen molar-refractivity contribution in [2.75, 3.05) is 7.11 Å². The van der Waals surface area contributed by atoms with Gasteiger partial charge in [-0.1, -0.05) is 80.6 Å². The number of methoxy groups -OCH3 is 1. The molecule has 188 valence electrons. The van der Waals surface area contributed by atoms with Crippen LogP contribution < -0.4 is 15.4 Å². The molecule has 2 unspecified atom stereocenters. The molecule has 0 spiro atoms. The Morgan fingerprint density at radius 1 is 0.861 bits per heavy atom. The maximum atomic E-state index is 13.1. The Labute approximate surface area is 212 Å². The fourth-order valence-corrected chi connectivity index (χ4v) is 4.03. The summed E-state index contributed by atoms with van der Waals surface area (Å²) in [6, 6.07) is 24.9. The van der Waals surface area contributed by atoms with Crippen LogP contribution in [0.2, 0.25) is 0 Å². The Kier molecular flexibility index (Phi) is 9.67. The first-order chi connectivity index (χ1) is 17.3. The molecule has 3 rings (SSSR count). The molecule has 36 heavy (non-hydrogen) atoms. The van der Waals surface area contributed by atoms with Crippen molar-refractivity contribution in [2.24, 2.45) is 11.8 Å². The van der Waals surface area contributed by atoms with E-state index in [1.807, 2.05) is 78.9 Å². The summed E-state index contributed by atoms with van der Waals surface area (Å²) in [6.45, 7) is 3.80. The first kappa shape index (κ1) is 27.0. The zero-order chi connectivity index (χ0) is 26.1. The normalized spacial score (nSPS) is 12.5. The molecule has 0 aliphatic carbocycles. The minimum Gasteiger partial charge on any atom is -0.497 e. The van der Waals surface area contributed by atoms with Gasteiger partial charge in [-0.05, 0) is 46.7 Å². The molecule has 8 heteroatoms. The van der Waals surface area contributed by atoms with Crippen molar-refractivity contribution in [3.05, 3.63) is 90.0 Å². The van der Waals surface area contributed by atoms with Crippen LogP contribution in [0.5, 0.6) is 5.75 Å². The summed E-state index contributed by atoms with van der Waals surface area (Å²) in [4.78, 5) is 26.0. The van der Waals surface area contributed by atoms with Crippen molar-refractivity contribution in [1.82, 2.24) is 10.6 Å². The second-order valence-electron chi connectivity index (χ2n) is 9.09. The lowest BCUT2D eigenvalue weighted by Gasteiger charge is -2.24. The van der Waals surface area contributed by atoms with E-state index in [9.17, 15) is 19.6 Å². The van der Waals surface area contributed by atoms with Gasteiger partial charge < -0.3 is 25.4 Å². The van der Waals surface area contributed by atoms with Crippen molar-refractivity contribution >= 4 is 18.9 Å². The Bertz CT molecular complexity index is 1140. The maximum absolute atomic E-state index is 13.1. The Balaban J connectivity index is 1.64. The van der Waals surface area contributed by atoms with E-state index in [-0.39, 0.29) is 18.9 Å². The van der Waals surface area contributed by atoms with Gasteiger partial charge in [0.2, 0.25) is 11.8 Å². The Morgan fingerprint density at radius 2 is 1.53 bits per heavy atom. The molecule has 4 N–H and O–H groups in total. The smallest absolute Gasteiger partial charge is 0.475 e. The van der Waals surface area contributed by atoms with Gasteiger partial charge in [0.25, 0.3) is 0 Å². The summed E-state index contributed by atoms with van der Waals surface area (Å²) >= 11 is 0. The van der Waals surface area contributed by atoms with E-state index < -0.39 is 30.8 Å². The summed E-state index contributed by atoms with van der Waals surface area (Å²) in [6.07, 6.45) is 0.203. The molecule has 2 amide bonds. The zero-order valence-corrected chi connectivity index (χ0v) is 20.8. The van der Waals surface area contributed by atoms with Gasteiger partial charge in [-0.2, -0.15) is 0 Å². The van der Waals surface area contributed by atoms with E-state index in [4.69, 9.17) is 4.74 Å². The highest BCUT2D eigenvalue weighted by molar-refractivity contribution is 6.43. The van der Waals surface area contributed by atoms with E-state index in [0.29, 0.717) is 5.75 Å². The van der Waals surface area contributed by atoms with Crippen LogP contribution in [-0.4, -0.2) is 42.0 Å². The molecule has 0 saturated carbocycles. The standard InChI is InChI=1S/C28H33BN2O5/c1-19(2)26(27(32)30-18-21-8-7-11-24(16-21)36-3)28(33)31-25(29(34)35)17-20-12-14-23(15-13-20)22-9-5-4-6-10-22/h4-16,19,25-26,34-35H,17-18H2,1-3H3,(H,30,32)(H,31,33). The summed E-state index contributed by atoms with van der Waals surface area (Å²) in [5, 5.41) is 25.4. The number of hydrogen-bond acceptors (Lipinski definition) is 5. The molecule has 0 fully saturated rings. The molecule has 0 aliphatic heterocycles. The van der Waals surface area contributed by atoms with Crippen LogP contribution in [0.4, 0.5) is 0 Å². The summed E-state index contributed by atoms with van der Waals surface area (Å²) in [5.74, 6) is -2.55. The Morgan fingerprint density at radius 3 is 2.14 bits per heavy atom. The molecule has 0 bridgehead atoms. The lowest BCUT2D eigenvalue weighted by Crippen LogP contribution is -2.53. The molecule has 0 heterocycles. The molecular weight excluding hydrogens is 455 g/mol. The zero-order valence-electron chi connectivity index (χ0n) is 20.8. The van der Waals surface area contributed by atoms with E-state index in [1.54, 1.807) is 21.0 Å². The average molecular weight is 488 g/mol. The van der Waals surface area contributed by atoms with Crippen LogP contribution in [0.15, 0.2) is 78.9 Å². The largest absolute Gasteiger partial charge is 0.497 e. The minimum atomic E-state index is -1.78. The minimum absolute atomic E-state index is 0.203. The SMILES string of the molecule is COc1cccc(CNC(=O)C(C(=O)NC(Cc2ccc(-c3ccccc3)cc2)B(O)O)C(C)C)c1. The highest BCUT2D eigenvalue weighted by Crippen LogP contribution is 2.20. The molecule has 3 aromatic rings. The maximum Gasteiger partial charge on any atom is 0.475 e. The van der Waals surface area contributed by atoms with Crippen molar-refractivity contribution in [3.63, 3.8) is 0 Å². The monoisotopic (exact) mass is 488 g/mol. The van der Waals surface area contributed by atoms with Crippen molar-refractivity contribution < 1.29 is 24.4 Å². The highest BCUT2D eigenvalue weighted by atomic mass is 16.5. The van der Waals surface area contributed by atoms with E-state index in [2.05, 4.69) is 10.6 Å². The summed E-state index contributed by atoms with van der Waals surface area (Å²) in [7, 11) is -0.212. The second-order valence-corrected chi connectivity index (χ2v) is 9.09. The van der Waals surface area contributed by atoms with E-state index >= 15 is 0 Å². The van der Waals surface area contributed by atoms with Crippen LogP contribution in [0, 0.1) is 11.8 Å². The van der Waals surface area contributed by atoms with Gasteiger partial charge in [-0.25, -0.2) is 0 Å². The lowest BCUT2D eigenvalue weighted by atomic mass is 9.75. The fraction of sp³-hybridized carbons (Fsp3) is 0.286. The average Bonchev–Trinajstić information content (AvgIpc) is 2.88. The Hall–Kier alpha value is -3.62. The molecule has 0 aliphatic rings. The van der Waals surface area contributed by atoms with Gasteiger partial charge >= 0.3 is 7.12 Å². The molecular formula is C28H33BN2O5. The third kappa shape index (κ3) is 7.44. The first-order valence-electron chi connectivity index (χ1n) is 12.0. The summed E-state index contributed by atoms with van der Waals surface area (Å²) in [5.41, 5.74) is 3.79. The molecule has 0 radical (unpaired) electrons. The van der Waals surface area contributed by atoms with Gasteiger partial charge in [0.15, 0.2) is 0 Å². The lowest BCUT2D eigenvalue weighted by molar-refractivity contribution is -0.137. The number of hydrogen-bond donors (Lipinski definition) is 4. The van der Waals surface area contributed by atoms with Gasteiger partial charge in [0, 0.05) is 6.54 Å². The molecule has 7 nitrogen and oxygen atoms in total. The van der Waals surface area contributed by atoms with Crippen molar-refractivity contribution in [2.45, 2.75) is 32.8 Å². The van der Waals surface area contributed by atoms with Crippen LogP contribution >= 0.6 is 0 Å². The predicted octanol–water partition coefficient (Wildman–Crippen LogP) is 2.99. The topological polar surface area (TPSA) is 108 Å². The van der Waals surface area contributed by atoms with E-state index in [0.717, 1.165) is 22.3 Å². The van der Waals surface area contributed by atoms with Gasteiger partial charge in [0.05, 0.1) is 13.1 Å². The van der Waals surface area contributed by atoms with E-state index in [1.165, 1.54) is 0 Å². The number of ether oxygens (including phenoxy) is 1. The number of carbonyl (C=O) groups excluding carboxylic acids is 2. The highest BCUT2D eigenvalue weighted by Gasteiger charge is 2.34. The third-order valence-corrected chi connectivity index (χ3v) is 6.04. The number of carbonyl (C=O) groups is 2. The third-order valence-electron chi connectivity index (χ3n) is 6.04. The first-order valence-corrected chi connectivity index (χ1v) is 12.0. The molecule has 0 saturated heterocycles. The summed E-state index contributed by atoms with van der Waals surface area (Å²) < 4.78 is 5.21. The van der Waals surface area contributed by atoms with Gasteiger partial charge in [-0.3, -0.25) is 9.59 Å². The number of amides is 2. The van der Waals surface area contributed by atoms with Crippen LogP contribution in [0.3, 0.4) is 0 Å². The van der Waals surface area contributed by atoms with Crippen molar-refractivity contribution in [3.8, 4) is 16.9 Å². The van der Waals surface area contributed by atoms with Crippen molar-refractivity contribution in [1.29, 1.82) is 0 Å². The fourth-order valence-electron chi connectivity index (χ4n) is 4.03. The predicted molar refractivity (Wildman–Crippen MR) is 141 cm³/mol.